The number of hydrogen-bond donors (Lipinski definition) is 3. The molecule has 0 saturated carbocycles. The molecule has 1 aliphatic heterocycles. The van der Waals surface area contributed by atoms with Crippen LogP contribution in [0.2, 0.25) is 0 Å². The molecule has 0 bridgehead atoms. The Hall–Kier alpha value is -1.26. The van der Waals surface area contributed by atoms with Crippen LogP contribution in [0.5, 0.6) is 11.5 Å². The van der Waals surface area contributed by atoms with Gasteiger partial charge in [0, 0.05) is 31.7 Å². The molecule has 1 unspecified atom stereocenters. The van der Waals surface area contributed by atoms with Gasteiger partial charge in [0.25, 0.3) is 0 Å². The first kappa shape index (κ1) is 23.8. The van der Waals surface area contributed by atoms with Gasteiger partial charge in [0.1, 0.15) is 0 Å². The first-order valence-corrected chi connectivity index (χ1v) is 9.08. The van der Waals surface area contributed by atoms with Gasteiger partial charge < -0.3 is 30.0 Å². The van der Waals surface area contributed by atoms with Crippen LogP contribution >= 0.6 is 24.0 Å². The van der Waals surface area contributed by atoms with Gasteiger partial charge in [0.15, 0.2) is 17.5 Å². The third-order valence-corrected chi connectivity index (χ3v) is 4.67. The summed E-state index contributed by atoms with van der Waals surface area (Å²) in [6, 6.07) is 5.80. The summed E-state index contributed by atoms with van der Waals surface area (Å²) in [5.74, 6) is 2.16. The van der Waals surface area contributed by atoms with Crippen LogP contribution in [0.3, 0.4) is 0 Å². The maximum absolute atomic E-state index is 9.35. The molecule has 1 atom stereocenters. The number of ether oxygens (including phenoxy) is 3. The highest BCUT2D eigenvalue weighted by molar-refractivity contribution is 14.0. The van der Waals surface area contributed by atoms with Crippen LogP contribution in [0.4, 0.5) is 0 Å². The van der Waals surface area contributed by atoms with E-state index in [0.29, 0.717) is 24.7 Å². The number of hydrogen-bond acceptors (Lipinski definition) is 5. The van der Waals surface area contributed by atoms with Crippen molar-refractivity contribution in [2.24, 2.45) is 10.4 Å². The predicted molar refractivity (Wildman–Crippen MR) is 117 cm³/mol. The van der Waals surface area contributed by atoms with E-state index in [-0.39, 0.29) is 36.0 Å². The standard InChI is InChI=1S/C19H31N3O4.HI/c1-4-20-18(22-13-19(7-9-23)8-10-26-14-19)21-12-15-5-6-16(24-2)17(11-15)25-3;/h5-6,11,23H,4,7-10,12-14H2,1-3H3,(H2,20,21,22);1H. The quantitative estimate of drug-likeness (QED) is 0.278. The van der Waals surface area contributed by atoms with Crippen molar-refractivity contribution in [3.63, 3.8) is 0 Å². The highest BCUT2D eigenvalue weighted by atomic mass is 127. The van der Waals surface area contributed by atoms with Crippen molar-refractivity contribution in [3.05, 3.63) is 23.8 Å². The van der Waals surface area contributed by atoms with Crippen LogP contribution in [0.15, 0.2) is 23.2 Å². The lowest BCUT2D eigenvalue weighted by Gasteiger charge is -2.27. The number of nitrogens with zero attached hydrogens (tertiary/aromatic N) is 1. The maximum atomic E-state index is 9.35. The maximum Gasteiger partial charge on any atom is 0.191 e. The Morgan fingerprint density at radius 1 is 1.26 bits per heavy atom. The predicted octanol–water partition coefficient (Wildman–Crippen LogP) is 2.17. The highest BCUT2D eigenvalue weighted by Gasteiger charge is 2.34. The molecule has 0 spiro atoms. The van der Waals surface area contributed by atoms with Gasteiger partial charge in [-0.2, -0.15) is 0 Å². The average molecular weight is 493 g/mol. The molecule has 0 radical (unpaired) electrons. The Kier molecular flexibility index (Phi) is 10.8. The first-order chi connectivity index (χ1) is 12.7. The summed E-state index contributed by atoms with van der Waals surface area (Å²) in [6.45, 7) is 5.67. The normalized spacial score (nSPS) is 19.3. The third kappa shape index (κ3) is 7.00. The van der Waals surface area contributed by atoms with Crippen LogP contribution < -0.4 is 20.1 Å². The largest absolute Gasteiger partial charge is 0.493 e. The molecular weight excluding hydrogens is 461 g/mol. The number of guanidine groups is 1. The minimum atomic E-state index is -0.0196. The molecule has 1 aliphatic rings. The molecule has 0 aliphatic carbocycles. The van der Waals surface area contributed by atoms with Gasteiger partial charge in [0.2, 0.25) is 0 Å². The third-order valence-electron chi connectivity index (χ3n) is 4.67. The minimum absolute atomic E-state index is 0. The van der Waals surface area contributed by atoms with Gasteiger partial charge >= 0.3 is 0 Å². The van der Waals surface area contributed by atoms with Gasteiger partial charge in [-0.15, -0.1) is 24.0 Å². The molecule has 1 fully saturated rings. The molecule has 8 heteroatoms. The van der Waals surface area contributed by atoms with E-state index in [1.807, 2.05) is 25.1 Å². The zero-order valence-electron chi connectivity index (χ0n) is 16.4. The Morgan fingerprint density at radius 2 is 2.04 bits per heavy atom. The van der Waals surface area contributed by atoms with Crippen molar-refractivity contribution in [3.8, 4) is 11.5 Å². The monoisotopic (exact) mass is 493 g/mol. The van der Waals surface area contributed by atoms with Crippen molar-refractivity contribution in [2.75, 3.05) is 47.1 Å². The van der Waals surface area contributed by atoms with E-state index in [1.54, 1.807) is 14.2 Å². The van der Waals surface area contributed by atoms with E-state index in [1.165, 1.54) is 0 Å². The molecule has 1 heterocycles. The molecule has 1 aromatic carbocycles. The number of benzene rings is 1. The van der Waals surface area contributed by atoms with Crippen LogP contribution in [-0.4, -0.2) is 58.2 Å². The van der Waals surface area contributed by atoms with Crippen molar-refractivity contribution < 1.29 is 19.3 Å². The van der Waals surface area contributed by atoms with Crippen LogP contribution in [0.1, 0.15) is 25.3 Å². The smallest absolute Gasteiger partial charge is 0.191 e. The Bertz CT molecular complexity index is 592. The molecule has 0 amide bonds. The SMILES string of the molecule is CCNC(=NCc1ccc(OC)c(OC)c1)NCC1(CCO)CCOC1.I. The summed E-state index contributed by atoms with van der Waals surface area (Å²) in [7, 11) is 3.25. The average Bonchev–Trinajstić information content (AvgIpc) is 3.12. The van der Waals surface area contributed by atoms with E-state index in [9.17, 15) is 5.11 Å². The summed E-state index contributed by atoms with van der Waals surface area (Å²) in [4.78, 5) is 4.66. The molecule has 1 saturated heterocycles. The van der Waals surface area contributed by atoms with Gasteiger partial charge in [-0.25, -0.2) is 4.99 Å². The van der Waals surface area contributed by atoms with Gasteiger partial charge in [-0.3, -0.25) is 0 Å². The molecular formula is C19H32IN3O4. The van der Waals surface area contributed by atoms with Crippen LogP contribution in [-0.2, 0) is 11.3 Å². The molecule has 3 N–H and O–H groups in total. The molecule has 1 aromatic rings. The fraction of sp³-hybridized carbons (Fsp3) is 0.632. The van der Waals surface area contributed by atoms with Gasteiger partial charge in [-0.1, -0.05) is 6.07 Å². The second-order valence-electron chi connectivity index (χ2n) is 6.51. The summed E-state index contributed by atoms with van der Waals surface area (Å²) < 4.78 is 16.2. The molecule has 154 valence electrons. The van der Waals surface area contributed by atoms with Crippen molar-refractivity contribution >= 4 is 29.9 Å². The Morgan fingerprint density at radius 3 is 2.63 bits per heavy atom. The topological polar surface area (TPSA) is 84.3 Å². The Labute approximate surface area is 178 Å². The van der Waals surface area contributed by atoms with E-state index >= 15 is 0 Å². The summed E-state index contributed by atoms with van der Waals surface area (Å²) in [5.41, 5.74) is 1.02. The van der Waals surface area contributed by atoms with E-state index in [0.717, 1.165) is 44.1 Å². The lowest BCUT2D eigenvalue weighted by Crippen LogP contribution is -2.44. The van der Waals surface area contributed by atoms with E-state index in [4.69, 9.17) is 14.2 Å². The molecule has 7 nitrogen and oxygen atoms in total. The van der Waals surface area contributed by atoms with Crippen LogP contribution in [0.25, 0.3) is 0 Å². The minimum Gasteiger partial charge on any atom is -0.493 e. The fourth-order valence-electron chi connectivity index (χ4n) is 3.07. The second-order valence-corrected chi connectivity index (χ2v) is 6.51. The van der Waals surface area contributed by atoms with E-state index < -0.39 is 0 Å². The van der Waals surface area contributed by atoms with E-state index in [2.05, 4.69) is 15.6 Å². The van der Waals surface area contributed by atoms with Gasteiger partial charge in [0.05, 0.1) is 27.4 Å². The molecule has 2 rings (SSSR count). The number of aliphatic hydroxyl groups excluding tert-OH is 1. The Balaban J connectivity index is 0.00000364. The lowest BCUT2D eigenvalue weighted by molar-refractivity contribution is 0.127. The summed E-state index contributed by atoms with van der Waals surface area (Å²) in [6.07, 6.45) is 1.69. The molecule has 27 heavy (non-hydrogen) atoms. The highest BCUT2D eigenvalue weighted by Crippen LogP contribution is 2.31. The van der Waals surface area contributed by atoms with Crippen molar-refractivity contribution in [1.29, 1.82) is 0 Å². The fourth-order valence-corrected chi connectivity index (χ4v) is 3.07. The van der Waals surface area contributed by atoms with Gasteiger partial charge in [-0.05, 0) is 37.5 Å². The zero-order chi connectivity index (χ0) is 18.8. The first-order valence-electron chi connectivity index (χ1n) is 9.08. The summed E-state index contributed by atoms with van der Waals surface area (Å²) in [5, 5.41) is 16.0. The number of rotatable bonds is 9. The number of aliphatic hydroxyl groups is 1. The molecule has 0 aromatic heterocycles. The number of halogens is 1. The number of aliphatic imine (C=N–C) groups is 1. The summed E-state index contributed by atoms with van der Waals surface area (Å²) >= 11 is 0. The second kappa shape index (κ2) is 12.2. The zero-order valence-corrected chi connectivity index (χ0v) is 18.7. The number of nitrogens with one attached hydrogen (secondary N) is 2. The van der Waals surface area contributed by atoms with Crippen LogP contribution in [0, 0.1) is 5.41 Å². The van der Waals surface area contributed by atoms with Crippen molar-refractivity contribution in [2.45, 2.75) is 26.3 Å². The lowest BCUT2D eigenvalue weighted by atomic mass is 9.84. The number of methoxy groups -OCH3 is 2. The van der Waals surface area contributed by atoms with Crippen molar-refractivity contribution in [1.82, 2.24) is 10.6 Å².